The number of sulfonamides is 1. The molecule has 0 aliphatic heterocycles. The van der Waals surface area contributed by atoms with Crippen molar-refractivity contribution >= 4 is 27.3 Å². The van der Waals surface area contributed by atoms with E-state index >= 15 is 0 Å². The third kappa shape index (κ3) is 3.48. The van der Waals surface area contributed by atoms with E-state index in [0.29, 0.717) is 6.42 Å². The molecule has 1 aliphatic carbocycles. The topological polar surface area (TPSA) is 119 Å². The van der Waals surface area contributed by atoms with Crippen molar-refractivity contribution < 1.29 is 23.1 Å². The molecule has 2 aromatic rings. The minimum absolute atomic E-state index is 0.0214. The van der Waals surface area contributed by atoms with E-state index in [1.54, 1.807) is 11.3 Å². The number of aryl methyl sites for hydroxylation is 1. The van der Waals surface area contributed by atoms with E-state index in [-0.39, 0.29) is 22.8 Å². The number of rotatable bonds is 6. The summed E-state index contributed by atoms with van der Waals surface area (Å²) in [5.41, 5.74) is 4.81. The van der Waals surface area contributed by atoms with Crippen molar-refractivity contribution in [2.75, 3.05) is 13.7 Å². The molecule has 1 aromatic carbocycles. The van der Waals surface area contributed by atoms with Gasteiger partial charge in [-0.05, 0) is 54.5 Å². The molecular formula is C17H20N2O5S2. The second-order valence-electron chi connectivity index (χ2n) is 6.19. The summed E-state index contributed by atoms with van der Waals surface area (Å²) >= 11 is 1.56. The fraction of sp³-hybridized carbons (Fsp3) is 0.353. The molecule has 0 fully saturated rings. The van der Waals surface area contributed by atoms with Gasteiger partial charge in [0.2, 0.25) is 10.0 Å². The Hall–Kier alpha value is -1.94. The minimum Gasteiger partial charge on any atom is -0.496 e. The summed E-state index contributed by atoms with van der Waals surface area (Å²) < 4.78 is 32.7. The van der Waals surface area contributed by atoms with E-state index in [0.717, 1.165) is 23.3 Å². The number of carbonyl (C=O) groups excluding carboxylic acids is 1. The molecule has 0 radical (unpaired) electrons. The van der Waals surface area contributed by atoms with Crippen molar-refractivity contribution in [1.82, 2.24) is 4.72 Å². The first-order chi connectivity index (χ1) is 12.3. The van der Waals surface area contributed by atoms with Crippen LogP contribution >= 0.6 is 11.3 Å². The number of thiophene rings is 1. The Bertz CT molecular complexity index is 938. The van der Waals surface area contributed by atoms with Crippen LogP contribution in [-0.4, -0.2) is 33.1 Å². The number of ether oxygens (including phenoxy) is 1. The number of hydrogen-bond acceptors (Lipinski definition) is 6. The molecule has 4 N–H and O–H groups in total. The summed E-state index contributed by atoms with van der Waals surface area (Å²) in [6.07, 6.45) is 2.16. The zero-order valence-corrected chi connectivity index (χ0v) is 15.8. The number of benzene rings is 1. The molecule has 3 rings (SSSR count). The smallest absolute Gasteiger partial charge is 0.252 e. The summed E-state index contributed by atoms with van der Waals surface area (Å²) in [7, 11) is -2.57. The van der Waals surface area contributed by atoms with Crippen LogP contribution in [0.1, 0.15) is 33.6 Å². The lowest BCUT2D eigenvalue weighted by Crippen LogP contribution is -2.42. The van der Waals surface area contributed by atoms with Gasteiger partial charge in [0.25, 0.3) is 5.91 Å². The molecule has 1 unspecified atom stereocenters. The van der Waals surface area contributed by atoms with Gasteiger partial charge in [0.15, 0.2) is 0 Å². The second kappa shape index (κ2) is 6.99. The molecule has 7 nitrogen and oxygen atoms in total. The fourth-order valence-electron chi connectivity index (χ4n) is 3.15. The molecule has 26 heavy (non-hydrogen) atoms. The number of hydrogen-bond donors (Lipinski definition) is 3. The fourth-order valence-corrected chi connectivity index (χ4v) is 5.28. The normalized spacial score (nSPS) is 19.8. The lowest BCUT2D eigenvalue weighted by molar-refractivity contribution is 0.0252. The van der Waals surface area contributed by atoms with Crippen molar-refractivity contribution in [3.63, 3.8) is 0 Å². The van der Waals surface area contributed by atoms with Crippen LogP contribution < -0.4 is 15.2 Å². The van der Waals surface area contributed by atoms with Gasteiger partial charge in [0, 0.05) is 11.4 Å². The lowest BCUT2D eigenvalue weighted by atomic mass is 9.83. The van der Waals surface area contributed by atoms with Crippen LogP contribution in [0.3, 0.4) is 0 Å². The van der Waals surface area contributed by atoms with Crippen LogP contribution in [0.15, 0.2) is 34.5 Å². The summed E-state index contributed by atoms with van der Waals surface area (Å²) in [5, 5.41) is 12.8. The average Bonchev–Trinajstić information content (AvgIpc) is 3.10. The highest BCUT2D eigenvalue weighted by Gasteiger charge is 2.36. The molecular weight excluding hydrogens is 376 g/mol. The Morgan fingerprint density at radius 1 is 1.42 bits per heavy atom. The van der Waals surface area contributed by atoms with Crippen LogP contribution in [0.5, 0.6) is 5.75 Å². The van der Waals surface area contributed by atoms with Crippen molar-refractivity contribution in [3.8, 4) is 5.75 Å². The van der Waals surface area contributed by atoms with Crippen molar-refractivity contribution in [2.24, 2.45) is 5.73 Å². The number of nitrogens with one attached hydrogen (secondary N) is 1. The standard InChI is InChI=1S/C17H20N2O5S2/c1-24-14-5-4-11(9-12(14)16(18)20)26(22,23)19-10-17(21)7-2-3-15-13(17)6-8-25-15/h4-6,8-9,19,21H,2-3,7,10H2,1H3,(H2,18,20). The Labute approximate surface area is 155 Å². The maximum absolute atomic E-state index is 12.6. The largest absolute Gasteiger partial charge is 0.496 e. The minimum atomic E-state index is -3.93. The van der Waals surface area contributed by atoms with Crippen LogP contribution in [0.25, 0.3) is 0 Å². The van der Waals surface area contributed by atoms with Crippen LogP contribution in [0.2, 0.25) is 0 Å². The molecule has 1 amide bonds. The predicted octanol–water partition coefficient (Wildman–Crippen LogP) is 1.36. The first kappa shape index (κ1) is 18.8. The lowest BCUT2D eigenvalue weighted by Gasteiger charge is -2.32. The second-order valence-corrected chi connectivity index (χ2v) is 8.96. The SMILES string of the molecule is COc1ccc(S(=O)(=O)NCC2(O)CCCc3sccc32)cc1C(N)=O. The molecule has 1 heterocycles. The third-order valence-corrected chi connectivity index (χ3v) is 6.92. The third-order valence-electron chi connectivity index (χ3n) is 4.54. The maximum Gasteiger partial charge on any atom is 0.252 e. The van der Waals surface area contributed by atoms with Gasteiger partial charge in [0.1, 0.15) is 11.4 Å². The van der Waals surface area contributed by atoms with Crippen molar-refractivity contribution in [2.45, 2.75) is 29.8 Å². The van der Waals surface area contributed by atoms with E-state index in [1.807, 2.05) is 11.4 Å². The highest BCUT2D eigenvalue weighted by atomic mass is 32.2. The summed E-state index contributed by atoms with van der Waals surface area (Å²) in [6, 6.07) is 5.71. The quantitative estimate of drug-likeness (QED) is 0.681. The van der Waals surface area contributed by atoms with Crippen molar-refractivity contribution in [1.29, 1.82) is 0 Å². The van der Waals surface area contributed by atoms with E-state index < -0.39 is 21.5 Å². The van der Waals surface area contributed by atoms with Crippen LogP contribution in [0, 0.1) is 0 Å². The van der Waals surface area contributed by atoms with Crippen LogP contribution in [-0.2, 0) is 22.0 Å². The number of carbonyl (C=O) groups is 1. The van der Waals surface area contributed by atoms with E-state index in [1.165, 1.54) is 25.3 Å². The molecule has 1 aliphatic rings. The summed E-state index contributed by atoms with van der Waals surface area (Å²) in [4.78, 5) is 12.5. The molecule has 9 heteroatoms. The van der Waals surface area contributed by atoms with Gasteiger partial charge in [0.05, 0.1) is 17.6 Å². The van der Waals surface area contributed by atoms with E-state index in [9.17, 15) is 18.3 Å². The molecule has 0 spiro atoms. The summed E-state index contributed by atoms with van der Waals surface area (Å²) in [5.74, 6) is -0.585. The average molecular weight is 396 g/mol. The molecule has 140 valence electrons. The van der Waals surface area contributed by atoms with Gasteiger partial charge in [-0.2, -0.15) is 0 Å². The van der Waals surface area contributed by atoms with Gasteiger partial charge in [-0.25, -0.2) is 13.1 Å². The van der Waals surface area contributed by atoms with Gasteiger partial charge >= 0.3 is 0 Å². The first-order valence-corrected chi connectivity index (χ1v) is 10.4. The number of primary amides is 1. The van der Waals surface area contributed by atoms with Gasteiger partial charge in [-0.15, -0.1) is 11.3 Å². The number of amides is 1. The zero-order valence-electron chi connectivity index (χ0n) is 14.2. The number of fused-ring (bicyclic) bond motifs is 1. The Kier molecular flexibility index (Phi) is 5.07. The van der Waals surface area contributed by atoms with Crippen molar-refractivity contribution in [3.05, 3.63) is 45.6 Å². The first-order valence-electron chi connectivity index (χ1n) is 8.03. The molecule has 0 saturated carbocycles. The zero-order chi connectivity index (χ0) is 18.9. The number of aliphatic hydroxyl groups is 1. The molecule has 0 bridgehead atoms. The van der Waals surface area contributed by atoms with Gasteiger partial charge in [-0.1, -0.05) is 0 Å². The van der Waals surface area contributed by atoms with Gasteiger partial charge < -0.3 is 15.6 Å². The predicted molar refractivity (Wildman–Crippen MR) is 97.9 cm³/mol. The summed E-state index contributed by atoms with van der Waals surface area (Å²) in [6.45, 7) is -0.142. The van der Waals surface area contributed by atoms with E-state index in [4.69, 9.17) is 10.5 Å². The molecule has 1 aromatic heterocycles. The maximum atomic E-state index is 12.6. The van der Waals surface area contributed by atoms with Gasteiger partial charge in [-0.3, -0.25) is 4.79 Å². The monoisotopic (exact) mass is 396 g/mol. The molecule has 1 atom stereocenters. The molecule has 0 saturated heterocycles. The highest BCUT2D eigenvalue weighted by Crippen LogP contribution is 2.38. The Balaban J connectivity index is 1.85. The van der Waals surface area contributed by atoms with Crippen LogP contribution in [0.4, 0.5) is 0 Å². The number of methoxy groups -OCH3 is 1. The number of nitrogens with two attached hydrogens (primary N) is 1. The highest BCUT2D eigenvalue weighted by molar-refractivity contribution is 7.89. The van der Waals surface area contributed by atoms with E-state index in [2.05, 4.69) is 4.72 Å². The Morgan fingerprint density at radius 2 is 2.19 bits per heavy atom. The Morgan fingerprint density at radius 3 is 2.88 bits per heavy atom.